The molecule has 0 saturated carbocycles. The van der Waals surface area contributed by atoms with Crippen LogP contribution >= 0.6 is 0 Å². The number of hydrogen-bond acceptors (Lipinski definition) is 4. The summed E-state index contributed by atoms with van der Waals surface area (Å²) in [6, 6.07) is 12.0. The van der Waals surface area contributed by atoms with Crippen LogP contribution in [-0.2, 0) is 21.4 Å². The predicted octanol–water partition coefficient (Wildman–Crippen LogP) is 4.40. The van der Waals surface area contributed by atoms with Crippen LogP contribution in [0, 0.1) is 0 Å². The van der Waals surface area contributed by atoms with E-state index >= 15 is 0 Å². The Hall–Kier alpha value is -2.86. The maximum atomic E-state index is 12.3. The van der Waals surface area contributed by atoms with E-state index in [0.717, 1.165) is 48.9 Å². The van der Waals surface area contributed by atoms with E-state index in [1.807, 2.05) is 54.6 Å². The second-order valence-electron chi connectivity index (χ2n) is 8.39. The lowest BCUT2D eigenvalue weighted by Gasteiger charge is -2.22. The summed E-state index contributed by atoms with van der Waals surface area (Å²) in [5, 5.41) is 10.7. The van der Waals surface area contributed by atoms with Gasteiger partial charge in [-0.05, 0) is 48.6 Å². The van der Waals surface area contributed by atoms with Crippen LogP contribution in [0.25, 0.3) is 11.3 Å². The summed E-state index contributed by atoms with van der Waals surface area (Å²) in [5.41, 5.74) is 3.00. The topological polar surface area (TPSA) is 71.8 Å². The third-order valence-electron chi connectivity index (χ3n) is 6.12. The molecule has 1 fully saturated rings. The number of ether oxygens (including phenoxy) is 1. The number of aromatic nitrogens is 1. The summed E-state index contributed by atoms with van der Waals surface area (Å²) in [6.45, 7) is 0.713. The molecule has 32 heavy (non-hydrogen) atoms. The van der Waals surface area contributed by atoms with Gasteiger partial charge in [0.05, 0.1) is 19.3 Å². The Labute approximate surface area is 190 Å². The second-order valence-corrected chi connectivity index (χ2v) is 8.39. The molecule has 1 aromatic heterocycles. The van der Waals surface area contributed by atoms with Crippen molar-refractivity contribution in [1.82, 2.24) is 9.47 Å². The summed E-state index contributed by atoms with van der Waals surface area (Å²) < 4.78 is 6.71. The molecule has 0 bridgehead atoms. The Morgan fingerprint density at radius 3 is 2.78 bits per heavy atom. The number of hydrogen-bond donors (Lipinski definition) is 1. The van der Waals surface area contributed by atoms with Gasteiger partial charge in [-0.25, -0.2) is 0 Å². The zero-order chi connectivity index (χ0) is 22.9. The molecule has 0 aliphatic carbocycles. The molecule has 2 heterocycles. The lowest BCUT2D eigenvalue weighted by atomic mass is 10.0. The number of esters is 1. The number of benzene rings is 1. The first kappa shape index (κ1) is 23.8. The average Bonchev–Trinajstić information content (AvgIpc) is 3.39. The number of carbonyl (C=O) groups excluding carboxylic acids is 2. The van der Waals surface area contributed by atoms with Gasteiger partial charge in [0.25, 0.3) is 0 Å². The lowest BCUT2D eigenvalue weighted by Crippen LogP contribution is -2.32. The van der Waals surface area contributed by atoms with Gasteiger partial charge in [-0.3, -0.25) is 9.59 Å². The molecular weight excluding hydrogens is 404 g/mol. The molecule has 6 heteroatoms. The van der Waals surface area contributed by atoms with Gasteiger partial charge >= 0.3 is 5.97 Å². The highest BCUT2D eigenvalue weighted by atomic mass is 16.5. The van der Waals surface area contributed by atoms with Crippen molar-refractivity contribution in [3.05, 3.63) is 60.3 Å². The Morgan fingerprint density at radius 1 is 1.22 bits per heavy atom. The molecule has 1 aliphatic rings. The van der Waals surface area contributed by atoms with Crippen LogP contribution in [0.15, 0.2) is 54.7 Å². The number of unbranched alkanes of at least 4 members (excludes halogenated alkanes) is 3. The molecule has 2 atom stereocenters. The molecule has 1 saturated heterocycles. The molecule has 3 rings (SSSR count). The molecule has 1 aromatic carbocycles. The first-order valence-corrected chi connectivity index (χ1v) is 11.4. The number of rotatable bonds is 11. The Balaban J connectivity index is 1.52. The van der Waals surface area contributed by atoms with E-state index in [9.17, 15) is 14.7 Å². The van der Waals surface area contributed by atoms with Gasteiger partial charge in [-0.2, -0.15) is 0 Å². The average molecular weight is 439 g/mol. The number of carbonyl (C=O) groups is 2. The molecule has 1 aliphatic heterocycles. The van der Waals surface area contributed by atoms with Gasteiger partial charge in [0.2, 0.25) is 5.91 Å². The molecule has 1 N–H and O–H groups in total. The Morgan fingerprint density at radius 2 is 2.03 bits per heavy atom. The van der Waals surface area contributed by atoms with Crippen LogP contribution in [0.3, 0.4) is 0 Å². The maximum Gasteiger partial charge on any atom is 0.305 e. The number of aliphatic hydroxyl groups is 1. The van der Waals surface area contributed by atoms with E-state index in [4.69, 9.17) is 0 Å². The van der Waals surface area contributed by atoms with Crippen molar-refractivity contribution >= 4 is 11.9 Å². The lowest BCUT2D eigenvalue weighted by molar-refractivity contribution is -0.140. The Kier molecular flexibility index (Phi) is 8.68. The quantitative estimate of drug-likeness (QED) is 0.321. The number of methoxy groups -OCH3 is 1. The van der Waals surface area contributed by atoms with Crippen LogP contribution in [0.2, 0.25) is 0 Å². The van der Waals surface area contributed by atoms with Gasteiger partial charge in [0.1, 0.15) is 0 Å². The van der Waals surface area contributed by atoms with Crippen molar-refractivity contribution in [3.8, 4) is 11.3 Å². The van der Waals surface area contributed by atoms with E-state index in [1.54, 1.807) is 6.08 Å². The third kappa shape index (κ3) is 6.33. The Bertz CT molecular complexity index is 933. The van der Waals surface area contributed by atoms with Crippen LogP contribution in [0.1, 0.15) is 56.6 Å². The fourth-order valence-electron chi connectivity index (χ4n) is 4.24. The highest BCUT2D eigenvalue weighted by Gasteiger charge is 2.28. The largest absolute Gasteiger partial charge is 0.469 e. The molecule has 1 amide bonds. The maximum absolute atomic E-state index is 12.3. The molecule has 1 unspecified atom stereocenters. The van der Waals surface area contributed by atoms with Crippen molar-refractivity contribution in [1.29, 1.82) is 0 Å². The fourth-order valence-corrected chi connectivity index (χ4v) is 4.24. The first-order valence-electron chi connectivity index (χ1n) is 11.4. The summed E-state index contributed by atoms with van der Waals surface area (Å²) in [5.74, 6) is 0.00655. The van der Waals surface area contributed by atoms with Crippen molar-refractivity contribution in [2.45, 2.75) is 57.1 Å². The number of likely N-dealkylation sites (tertiary alicyclic amines) is 1. The first-order chi connectivity index (χ1) is 15.5. The van der Waals surface area contributed by atoms with Gasteiger partial charge in [-0.1, -0.05) is 43.2 Å². The van der Waals surface area contributed by atoms with Gasteiger partial charge in [-0.15, -0.1) is 0 Å². The number of aliphatic hydroxyl groups excluding tert-OH is 1. The molecule has 6 nitrogen and oxygen atoms in total. The van der Waals surface area contributed by atoms with Crippen LogP contribution in [-0.4, -0.2) is 46.1 Å². The number of nitrogens with zero attached hydrogens (tertiary/aromatic N) is 2. The SMILES string of the molecule is COC(=O)CCCCCCN1C(=O)CCC1/C=C/[C@@H](O)c1cccc(-c2cccn2C)c1. The minimum Gasteiger partial charge on any atom is -0.469 e. The summed E-state index contributed by atoms with van der Waals surface area (Å²) in [7, 11) is 3.41. The van der Waals surface area contributed by atoms with Crippen molar-refractivity contribution in [2.75, 3.05) is 13.7 Å². The third-order valence-corrected chi connectivity index (χ3v) is 6.12. The number of aryl methyl sites for hydroxylation is 1. The molecule has 0 spiro atoms. The van der Waals surface area contributed by atoms with E-state index in [0.29, 0.717) is 19.4 Å². The zero-order valence-corrected chi connectivity index (χ0v) is 19.1. The highest BCUT2D eigenvalue weighted by molar-refractivity contribution is 5.79. The fraction of sp³-hybridized carbons (Fsp3) is 0.462. The molecule has 172 valence electrons. The van der Waals surface area contributed by atoms with Crippen LogP contribution < -0.4 is 0 Å². The highest BCUT2D eigenvalue weighted by Crippen LogP contribution is 2.26. The van der Waals surface area contributed by atoms with E-state index in [2.05, 4.69) is 15.4 Å². The summed E-state index contributed by atoms with van der Waals surface area (Å²) in [6.07, 6.45) is 10.5. The number of amides is 1. The normalized spacial score (nSPS) is 17.3. The van der Waals surface area contributed by atoms with E-state index in [-0.39, 0.29) is 17.9 Å². The molecular formula is C26H34N2O4. The van der Waals surface area contributed by atoms with E-state index in [1.165, 1.54) is 7.11 Å². The summed E-state index contributed by atoms with van der Waals surface area (Å²) >= 11 is 0. The van der Waals surface area contributed by atoms with Crippen molar-refractivity contribution in [3.63, 3.8) is 0 Å². The van der Waals surface area contributed by atoms with Crippen molar-refractivity contribution < 1.29 is 19.4 Å². The second kappa shape index (κ2) is 11.7. The smallest absolute Gasteiger partial charge is 0.305 e. The minimum absolute atomic E-state index is 0.0308. The summed E-state index contributed by atoms with van der Waals surface area (Å²) in [4.78, 5) is 25.4. The van der Waals surface area contributed by atoms with Crippen molar-refractivity contribution in [2.24, 2.45) is 7.05 Å². The van der Waals surface area contributed by atoms with Crippen LogP contribution in [0.5, 0.6) is 0 Å². The standard InChI is InChI=1S/C26H34N2O4/c1-27-17-8-11-23(27)20-9-7-10-21(19-20)24(29)15-13-22-14-16-25(30)28(22)18-6-4-3-5-12-26(31)32-2/h7-11,13,15,17,19,22,24,29H,3-6,12,14,16,18H2,1-2H3/b15-13+/t22?,24-/m1/s1. The monoisotopic (exact) mass is 438 g/mol. The zero-order valence-electron chi connectivity index (χ0n) is 19.1. The van der Waals surface area contributed by atoms with Crippen LogP contribution in [0.4, 0.5) is 0 Å². The molecule has 2 aromatic rings. The molecule has 0 radical (unpaired) electrons. The minimum atomic E-state index is -0.717. The predicted molar refractivity (Wildman–Crippen MR) is 125 cm³/mol. The van der Waals surface area contributed by atoms with Gasteiger partial charge < -0.3 is 19.3 Å². The van der Waals surface area contributed by atoms with Gasteiger partial charge in [0, 0.05) is 38.3 Å². The van der Waals surface area contributed by atoms with E-state index < -0.39 is 6.10 Å². The van der Waals surface area contributed by atoms with Gasteiger partial charge in [0.15, 0.2) is 0 Å².